The molecular formula is C14H20FNO2. The second kappa shape index (κ2) is 5.96. The summed E-state index contributed by atoms with van der Waals surface area (Å²) in [6.45, 7) is 3.69. The van der Waals surface area contributed by atoms with E-state index in [0.717, 1.165) is 0 Å². The van der Waals surface area contributed by atoms with Crippen molar-refractivity contribution in [2.24, 2.45) is 11.8 Å². The van der Waals surface area contributed by atoms with Gasteiger partial charge in [-0.2, -0.15) is 0 Å². The molecule has 0 amide bonds. The van der Waals surface area contributed by atoms with Crippen molar-refractivity contribution in [3.8, 4) is 0 Å². The van der Waals surface area contributed by atoms with Gasteiger partial charge in [0.1, 0.15) is 5.82 Å². The van der Waals surface area contributed by atoms with E-state index in [4.69, 9.17) is 0 Å². The van der Waals surface area contributed by atoms with Crippen LogP contribution in [0.1, 0.15) is 25.5 Å². The van der Waals surface area contributed by atoms with E-state index in [9.17, 15) is 14.3 Å². The fourth-order valence-electron chi connectivity index (χ4n) is 2.29. The molecule has 1 rings (SSSR count). The molecule has 1 N–H and O–H groups in total. The highest BCUT2D eigenvalue weighted by atomic mass is 19.1. The molecule has 0 heterocycles. The normalized spacial score (nSPS) is 14.8. The van der Waals surface area contributed by atoms with Crippen molar-refractivity contribution in [1.29, 1.82) is 0 Å². The van der Waals surface area contributed by atoms with E-state index in [2.05, 4.69) is 0 Å². The quantitative estimate of drug-likeness (QED) is 0.877. The molecule has 0 bridgehead atoms. The molecule has 3 nitrogen and oxygen atoms in total. The van der Waals surface area contributed by atoms with Gasteiger partial charge in [-0.05, 0) is 26.1 Å². The van der Waals surface area contributed by atoms with E-state index < -0.39 is 17.9 Å². The first-order chi connectivity index (χ1) is 8.36. The summed E-state index contributed by atoms with van der Waals surface area (Å²) in [5.41, 5.74) is 0.434. The number of nitrogens with zero attached hydrogens (tertiary/aromatic N) is 1. The third-order valence-electron chi connectivity index (χ3n) is 3.12. The van der Waals surface area contributed by atoms with Gasteiger partial charge in [-0.3, -0.25) is 4.79 Å². The van der Waals surface area contributed by atoms with Gasteiger partial charge in [0.05, 0.1) is 12.0 Å². The highest BCUT2D eigenvalue weighted by Crippen LogP contribution is 2.33. The summed E-state index contributed by atoms with van der Waals surface area (Å²) >= 11 is 0. The van der Waals surface area contributed by atoms with E-state index in [0.29, 0.717) is 5.56 Å². The molecule has 0 aliphatic heterocycles. The van der Waals surface area contributed by atoms with Gasteiger partial charge in [0.2, 0.25) is 0 Å². The van der Waals surface area contributed by atoms with Crippen LogP contribution < -0.4 is 0 Å². The molecule has 0 saturated carbocycles. The molecule has 2 atom stereocenters. The summed E-state index contributed by atoms with van der Waals surface area (Å²) in [5.74, 6) is -1.97. The van der Waals surface area contributed by atoms with E-state index in [1.807, 2.05) is 13.8 Å². The Morgan fingerprint density at radius 1 is 1.28 bits per heavy atom. The largest absolute Gasteiger partial charge is 0.481 e. The predicted octanol–water partition coefficient (Wildman–Crippen LogP) is 2.79. The number of hydrogen-bond donors (Lipinski definition) is 1. The van der Waals surface area contributed by atoms with Crippen LogP contribution in [0.3, 0.4) is 0 Å². The zero-order chi connectivity index (χ0) is 13.9. The number of carboxylic acids is 1. The number of carboxylic acid groups (broad SMARTS) is 1. The molecule has 0 aliphatic rings. The lowest BCUT2D eigenvalue weighted by atomic mass is 9.83. The molecule has 1 aromatic carbocycles. The number of hydrogen-bond acceptors (Lipinski definition) is 2. The monoisotopic (exact) mass is 253 g/mol. The highest BCUT2D eigenvalue weighted by molar-refractivity contribution is 5.71. The summed E-state index contributed by atoms with van der Waals surface area (Å²) in [4.78, 5) is 13.2. The molecule has 0 aliphatic carbocycles. The average molecular weight is 253 g/mol. The Bertz CT molecular complexity index is 418. The second-order valence-electron chi connectivity index (χ2n) is 5.04. The van der Waals surface area contributed by atoms with Crippen molar-refractivity contribution in [2.75, 3.05) is 14.1 Å². The minimum atomic E-state index is -0.896. The fraction of sp³-hybridized carbons (Fsp3) is 0.500. The molecule has 0 saturated heterocycles. The Labute approximate surface area is 107 Å². The molecule has 18 heavy (non-hydrogen) atoms. The Morgan fingerprint density at radius 3 is 2.22 bits per heavy atom. The van der Waals surface area contributed by atoms with Crippen molar-refractivity contribution in [2.45, 2.75) is 19.9 Å². The Kier molecular flexibility index (Phi) is 4.84. The van der Waals surface area contributed by atoms with Crippen LogP contribution in [0.15, 0.2) is 24.3 Å². The predicted molar refractivity (Wildman–Crippen MR) is 68.8 cm³/mol. The Hall–Kier alpha value is -1.42. The van der Waals surface area contributed by atoms with Gasteiger partial charge >= 0.3 is 5.97 Å². The third-order valence-corrected chi connectivity index (χ3v) is 3.12. The van der Waals surface area contributed by atoms with Gasteiger partial charge in [-0.15, -0.1) is 0 Å². The van der Waals surface area contributed by atoms with Gasteiger partial charge < -0.3 is 10.0 Å². The smallest absolute Gasteiger partial charge is 0.308 e. The highest BCUT2D eigenvalue weighted by Gasteiger charge is 2.34. The SMILES string of the molecule is CC(C)C(C(=O)O)C(c1ccccc1F)N(C)C. The lowest BCUT2D eigenvalue weighted by Crippen LogP contribution is -2.36. The second-order valence-corrected chi connectivity index (χ2v) is 5.04. The number of aliphatic carboxylic acids is 1. The van der Waals surface area contributed by atoms with Crippen molar-refractivity contribution in [3.05, 3.63) is 35.6 Å². The molecule has 0 aromatic heterocycles. The van der Waals surface area contributed by atoms with Crippen molar-refractivity contribution in [1.82, 2.24) is 4.90 Å². The zero-order valence-corrected chi connectivity index (χ0v) is 11.2. The summed E-state index contributed by atoms with van der Waals surface area (Å²) in [6.07, 6.45) is 0. The van der Waals surface area contributed by atoms with Crippen LogP contribution in [0.4, 0.5) is 4.39 Å². The summed E-state index contributed by atoms with van der Waals surface area (Å²) < 4.78 is 13.9. The van der Waals surface area contributed by atoms with Crippen LogP contribution in [-0.4, -0.2) is 30.1 Å². The number of carbonyl (C=O) groups is 1. The van der Waals surface area contributed by atoms with Crippen LogP contribution in [0.5, 0.6) is 0 Å². The van der Waals surface area contributed by atoms with Crippen LogP contribution in [0.25, 0.3) is 0 Å². The summed E-state index contributed by atoms with van der Waals surface area (Å²) in [5, 5.41) is 9.37. The summed E-state index contributed by atoms with van der Waals surface area (Å²) in [7, 11) is 3.55. The lowest BCUT2D eigenvalue weighted by Gasteiger charge is -2.32. The maximum absolute atomic E-state index is 13.9. The number of halogens is 1. The van der Waals surface area contributed by atoms with Gasteiger partial charge in [-0.1, -0.05) is 32.0 Å². The summed E-state index contributed by atoms with van der Waals surface area (Å²) in [6, 6.07) is 5.89. The van der Waals surface area contributed by atoms with Crippen LogP contribution in [-0.2, 0) is 4.79 Å². The number of rotatable bonds is 5. The zero-order valence-electron chi connectivity index (χ0n) is 11.2. The molecular weight excluding hydrogens is 233 g/mol. The molecule has 1 aromatic rings. The first-order valence-corrected chi connectivity index (χ1v) is 6.00. The van der Waals surface area contributed by atoms with Gasteiger partial charge in [0.15, 0.2) is 0 Å². The lowest BCUT2D eigenvalue weighted by molar-refractivity contribution is -0.146. The molecule has 100 valence electrons. The molecule has 0 fully saturated rings. The van der Waals surface area contributed by atoms with Crippen molar-refractivity contribution < 1.29 is 14.3 Å². The van der Waals surface area contributed by atoms with E-state index in [1.54, 1.807) is 37.2 Å². The van der Waals surface area contributed by atoms with E-state index in [1.165, 1.54) is 6.07 Å². The maximum atomic E-state index is 13.9. The molecule has 0 spiro atoms. The van der Waals surface area contributed by atoms with Gasteiger partial charge in [0.25, 0.3) is 0 Å². The van der Waals surface area contributed by atoms with Crippen LogP contribution >= 0.6 is 0 Å². The average Bonchev–Trinajstić information content (AvgIpc) is 2.25. The first-order valence-electron chi connectivity index (χ1n) is 6.00. The van der Waals surface area contributed by atoms with Crippen LogP contribution in [0.2, 0.25) is 0 Å². The topological polar surface area (TPSA) is 40.5 Å². The van der Waals surface area contributed by atoms with E-state index in [-0.39, 0.29) is 11.7 Å². The molecule has 0 radical (unpaired) electrons. The molecule has 4 heteroatoms. The first kappa shape index (κ1) is 14.6. The fourth-order valence-corrected chi connectivity index (χ4v) is 2.29. The van der Waals surface area contributed by atoms with Crippen molar-refractivity contribution in [3.63, 3.8) is 0 Å². The Balaban J connectivity index is 3.25. The van der Waals surface area contributed by atoms with Crippen LogP contribution in [0, 0.1) is 17.7 Å². The van der Waals surface area contributed by atoms with Crippen molar-refractivity contribution >= 4 is 5.97 Å². The van der Waals surface area contributed by atoms with E-state index >= 15 is 0 Å². The van der Waals surface area contributed by atoms with Gasteiger partial charge in [0, 0.05) is 5.56 Å². The minimum Gasteiger partial charge on any atom is -0.481 e. The standard InChI is InChI=1S/C14H20FNO2/c1-9(2)12(14(17)18)13(16(3)4)10-7-5-6-8-11(10)15/h5-9,12-13H,1-4H3,(H,17,18). The third kappa shape index (κ3) is 3.07. The number of benzene rings is 1. The molecule has 2 unspecified atom stereocenters. The maximum Gasteiger partial charge on any atom is 0.308 e. The minimum absolute atomic E-state index is 0.0745. The Morgan fingerprint density at radius 2 is 1.83 bits per heavy atom. The van der Waals surface area contributed by atoms with Gasteiger partial charge in [-0.25, -0.2) is 4.39 Å².